The molecule has 0 spiro atoms. The van der Waals surface area contributed by atoms with Crippen molar-refractivity contribution in [3.05, 3.63) is 53.5 Å². The van der Waals surface area contributed by atoms with Crippen LogP contribution in [0.25, 0.3) is 21.3 Å². The van der Waals surface area contributed by atoms with E-state index in [-0.39, 0.29) is 5.75 Å². The van der Waals surface area contributed by atoms with Crippen molar-refractivity contribution in [2.75, 3.05) is 5.75 Å². The Balaban J connectivity index is 1.81. The van der Waals surface area contributed by atoms with Gasteiger partial charge >= 0.3 is 0 Å². The fourth-order valence-corrected chi connectivity index (χ4v) is 3.80. The summed E-state index contributed by atoms with van der Waals surface area (Å²) in [5, 5.41) is 0.892. The number of thiazole rings is 1. The summed E-state index contributed by atoms with van der Waals surface area (Å²) in [5.74, 6) is -0.224. The first-order chi connectivity index (χ1) is 10.5. The zero-order chi connectivity index (χ0) is 15.6. The highest BCUT2D eigenvalue weighted by Gasteiger charge is 2.08. The average molecular weight is 333 g/mol. The van der Waals surface area contributed by atoms with Crippen LogP contribution >= 0.6 is 11.3 Å². The second-order valence-corrected chi connectivity index (χ2v) is 7.73. The van der Waals surface area contributed by atoms with Crippen LogP contribution in [0.5, 0.6) is 0 Å². The molecule has 0 amide bonds. The first-order valence-corrected chi connectivity index (χ1v) is 9.34. The lowest BCUT2D eigenvalue weighted by Crippen LogP contribution is -2.04. The number of hydrogen-bond donors (Lipinski definition) is 1. The van der Waals surface area contributed by atoms with E-state index in [2.05, 4.69) is 23.2 Å². The van der Waals surface area contributed by atoms with E-state index in [1.807, 2.05) is 30.3 Å². The van der Waals surface area contributed by atoms with Gasteiger partial charge in [-0.05, 0) is 29.7 Å². The molecule has 114 valence electrons. The highest BCUT2D eigenvalue weighted by atomic mass is 32.2. The first-order valence-electron chi connectivity index (χ1n) is 6.91. The van der Waals surface area contributed by atoms with E-state index >= 15 is 0 Å². The second-order valence-electron chi connectivity index (χ2n) is 5.05. The van der Waals surface area contributed by atoms with Crippen molar-refractivity contribution in [1.29, 1.82) is 0 Å². The third-order valence-electron chi connectivity index (χ3n) is 3.33. The molecule has 0 saturated carbocycles. The summed E-state index contributed by atoms with van der Waals surface area (Å²) in [6.07, 6.45) is 0.935. The Morgan fingerprint density at radius 3 is 2.55 bits per heavy atom. The molecule has 0 saturated heterocycles. The van der Waals surface area contributed by atoms with Crippen LogP contribution < -0.4 is 0 Å². The Morgan fingerprint density at radius 1 is 1.05 bits per heavy atom. The van der Waals surface area contributed by atoms with Gasteiger partial charge in [-0.25, -0.2) is 4.98 Å². The van der Waals surface area contributed by atoms with Crippen molar-refractivity contribution in [1.82, 2.24) is 4.98 Å². The zero-order valence-electron chi connectivity index (χ0n) is 11.8. The Hall–Kier alpha value is -1.76. The third kappa shape index (κ3) is 3.71. The molecular weight excluding hydrogens is 318 g/mol. The standard InChI is InChI=1S/C16H15NO3S2/c18-22(19,20)10-4-7-16-17-14-11-13(8-9-15(14)21-16)12-5-2-1-3-6-12/h1-3,5-6,8-9,11H,4,7,10H2,(H,18,19,20). The van der Waals surface area contributed by atoms with Crippen LogP contribution in [0.4, 0.5) is 0 Å². The van der Waals surface area contributed by atoms with E-state index in [9.17, 15) is 8.42 Å². The van der Waals surface area contributed by atoms with Gasteiger partial charge in [0.05, 0.1) is 21.0 Å². The molecule has 3 rings (SSSR count). The van der Waals surface area contributed by atoms with Gasteiger partial charge in [-0.1, -0.05) is 36.4 Å². The quantitative estimate of drug-likeness (QED) is 0.722. The predicted octanol–water partition coefficient (Wildman–Crippen LogP) is 3.78. The molecule has 1 heterocycles. The van der Waals surface area contributed by atoms with Gasteiger partial charge in [-0.2, -0.15) is 8.42 Å². The van der Waals surface area contributed by atoms with Gasteiger partial charge in [0.15, 0.2) is 0 Å². The highest BCUT2D eigenvalue weighted by Crippen LogP contribution is 2.28. The van der Waals surface area contributed by atoms with E-state index in [0.717, 1.165) is 26.4 Å². The Bertz CT molecular complexity index is 886. The summed E-state index contributed by atoms with van der Waals surface area (Å²) >= 11 is 1.56. The van der Waals surface area contributed by atoms with Crippen molar-refractivity contribution in [3.63, 3.8) is 0 Å². The molecule has 2 aromatic carbocycles. The number of aryl methyl sites for hydroxylation is 1. The molecule has 0 aliphatic rings. The van der Waals surface area contributed by atoms with Crippen LogP contribution in [-0.4, -0.2) is 23.7 Å². The number of rotatable bonds is 5. The number of nitrogens with zero attached hydrogens (tertiary/aromatic N) is 1. The van der Waals surface area contributed by atoms with Crippen LogP contribution in [0, 0.1) is 0 Å². The molecule has 0 fully saturated rings. The number of fused-ring (bicyclic) bond motifs is 1. The molecule has 0 radical (unpaired) electrons. The minimum absolute atomic E-state index is 0.224. The van der Waals surface area contributed by atoms with Gasteiger partial charge < -0.3 is 0 Å². The summed E-state index contributed by atoms with van der Waals surface area (Å²) in [4.78, 5) is 4.56. The SMILES string of the molecule is O=S(=O)(O)CCCc1nc2cc(-c3ccccc3)ccc2s1. The maximum absolute atomic E-state index is 10.7. The molecule has 6 heteroatoms. The van der Waals surface area contributed by atoms with Crippen LogP contribution in [0.2, 0.25) is 0 Å². The van der Waals surface area contributed by atoms with Gasteiger partial charge in [0, 0.05) is 6.42 Å². The van der Waals surface area contributed by atoms with E-state index in [1.165, 1.54) is 0 Å². The lowest BCUT2D eigenvalue weighted by Gasteiger charge is -2.00. The summed E-state index contributed by atoms with van der Waals surface area (Å²) in [5.41, 5.74) is 3.18. The highest BCUT2D eigenvalue weighted by molar-refractivity contribution is 7.85. The topological polar surface area (TPSA) is 67.3 Å². The van der Waals surface area contributed by atoms with Crippen LogP contribution in [0.3, 0.4) is 0 Å². The van der Waals surface area contributed by atoms with Gasteiger partial charge in [0.25, 0.3) is 10.1 Å². The normalized spacial score (nSPS) is 11.9. The molecule has 3 aromatic rings. The van der Waals surface area contributed by atoms with Crippen molar-refractivity contribution in [3.8, 4) is 11.1 Å². The van der Waals surface area contributed by atoms with Crippen molar-refractivity contribution < 1.29 is 13.0 Å². The predicted molar refractivity (Wildman–Crippen MR) is 89.8 cm³/mol. The molecule has 0 atom stereocenters. The van der Waals surface area contributed by atoms with Crippen molar-refractivity contribution >= 4 is 31.7 Å². The Kier molecular flexibility index (Phi) is 4.24. The molecule has 22 heavy (non-hydrogen) atoms. The van der Waals surface area contributed by atoms with Crippen LogP contribution in [0.15, 0.2) is 48.5 Å². The first kappa shape index (κ1) is 15.1. The van der Waals surface area contributed by atoms with Crippen LogP contribution in [-0.2, 0) is 16.5 Å². The van der Waals surface area contributed by atoms with Gasteiger partial charge in [0.1, 0.15) is 0 Å². The molecule has 0 unspecified atom stereocenters. The number of aromatic nitrogens is 1. The fourth-order valence-electron chi connectivity index (χ4n) is 2.30. The lowest BCUT2D eigenvalue weighted by atomic mass is 10.1. The van der Waals surface area contributed by atoms with Gasteiger partial charge in [-0.15, -0.1) is 11.3 Å². The summed E-state index contributed by atoms with van der Waals surface area (Å²) < 4.78 is 31.3. The Morgan fingerprint density at radius 2 is 1.82 bits per heavy atom. The molecule has 0 aliphatic carbocycles. The summed E-state index contributed by atoms with van der Waals surface area (Å²) in [6.45, 7) is 0. The maximum atomic E-state index is 10.7. The lowest BCUT2D eigenvalue weighted by molar-refractivity contribution is 0.481. The summed E-state index contributed by atoms with van der Waals surface area (Å²) in [6, 6.07) is 16.3. The number of hydrogen-bond acceptors (Lipinski definition) is 4. The average Bonchev–Trinajstić information content (AvgIpc) is 2.88. The minimum atomic E-state index is -3.89. The zero-order valence-corrected chi connectivity index (χ0v) is 13.4. The van der Waals surface area contributed by atoms with Crippen molar-refractivity contribution in [2.24, 2.45) is 0 Å². The Labute approximate surface area is 133 Å². The maximum Gasteiger partial charge on any atom is 0.264 e. The van der Waals surface area contributed by atoms with Crippen molar-refractivity contribution in [2.45, 2.75) is 12.8 Å². The molecule has 0 bridgehead atoms. The minimum Gasteiger partial charge on any atom is -0.286 e. The monoisotopic (exact) mass is 333 g/mol. The third-order valence-corrected chi connectivity index (χ3v) is 5.23. The fraction of sp³-hybridized carbons (Fsp3) is 0.188. The van der Waals surface area contributed by atoms with E-state index in [0.29, 0.717) is 12.8 Å². The smallest absolute Gasteiger partial charge is 0.264 e. The number of benzene rings is 2. The summed E-state index contributed by atoms with van der Waals surface area (Å²) in [7, 11) is -3.89. The van der Waals surface area contributed by atoms with E-state index in [4.69, 9.17) is 4.55 Å². The molecule has 1 N–H and O–H groups in total. The van der Waals surface area contributed by atoms with Gasteiger partial charge in [-0.3, -0.25) is 4.55 Å². The molecule has 4 nitrogen and oxygen atoms in total. The van der Waals surface area contributed by atoms with Gasteiger partial charge in [0.2, 0.25) is 0 Å². The van der Waals surface area contributed by atoms with Crippen LogP contribution in [0.1, 0.15) is 11.4 Å². The second kappa shape index (κ2) is 6.16. The molecular formula is C16H15NO3S2. The molecule has 1 aromatic heterocycles. The van der Waals surface area contributed by atoms with E-state index in [1.54, 1.807) is 11.3 Å². The van der Waals surface area contributed by atoms with E-state index < -0.39 is 10.1 Å². The molecule has 0 aliphatic heterocycles. The largest absolute Gasteiger partial charge is 0.286 e.